The van der Waals surface area contributed by atoms with Crippen LogP contribution in [0.25, 0.3) is 0 Å². The first-order valence-corrected chi connectivity index (χ1v) is 7.05. The Bertz CT molecular complexity index is 673. The van der Waals surface area contributed by atoms with Crippen molar-refractivity contribution in [2.45, 2.75) is 23.9 Å². The van der Waals surface area contributed by atoms with Gasteiger partial charge in [-0.2, -0.15) is 18.4 Å². The van der Waals surface area contributed by atoms with E-state index in [1.54, 1.807) is 12.1 Å². The Balaban J connectivity index is 2.10. The molecule has 1 aromatic carbocycles. The fourth-order valence-corrected chi connectivity index (χ4v) is 2.64. The topological polar surface area (TPSA) is 36.7 Å². The Morgan fingerprint density at radius 1 is 1.14 bits per heavy atom. The van der Waals surface area contributed by atoms with Gasteiger partial charge in [-0.3, -0.25) is 0 Å². The second-order valence-corrected chi connectivity index (χ2v) is 5.36. The molecule has 21 heavy (non-hydrogen) atoms. The molecule has 6 heteroatoms. The van der Waals surface area contributed by atoms with Gasteiger partial charge in [-0.05, 0) is 36.8 Å². The first kappa shape index (κ1) is 15.4. The van der Waals surface area contributed by atoms with Crippen LogP contribution in [0.15, 0.2) is 41.4 Å². The first-order chi connectivity index (χ1) is 9.90. The van der Waals surface area contributed by atoms with E-state index in [1.165, 1.54) is 23.9 Å². The average molecular weight is 308 g/mol. The van der Waals surface area contributed by atoms with Crippen LogP contribution in [0.1, 0.15) is 22.4 Å². The molecule has 0 saturated heterocycles. The molecule has 0 saturated carbocycles. The zero-order valence-electron chi connectivity index (χ0n) is 11.1. The molecule has 0 unspecified atom stereocenters. The van der Waals surface area contributed by atoms with Crippen LogP contribution in [0.4, 0.5) is 13.2 Å². The largest absolute Gasteiger partial charge is 0.416 e. The summed E-state index contributed by atoms with van der Waals surface area (Å²) in [7, 11) is 0. The van der Waals surface area contributed by atoms with Crippen molar-refractivity contribution in [1.29, 1.82) is 5.26 Å². The summed E-state index contributed by atoms with van der Waals surface area (Å²) < 4.78 is 37.4. The number of alkyl halides is 3. The molecule has 2 nitrogen and oxygen atoms in total. The van der Waals surface area contributed by atoms with Crippen LogP contribution < -0.4 is 0 Å². The van der Waals surface area contributed by atoms with Gasteiger partial charge in [-0.1, -0.05) is 12.1 Å². The van der Waals surface area contributed by atoms with Crippen molar-refractivity contribution in [2.24, 2.45) is 0 Å². The van der Waals surface area contributed by atoms with Gasteiger partial charge < -0.3 is 0 Å². The summed E-state index contributed by atoms with van der Waals surface area (Å²) in [5, 5.41) is 9.60. The van der Waals surface area contributed by atoms with Crippen molar-refractivity contribution in [3.63, 3.8) is 0 Å². The molecule has 0 atom stereocenters. The van der Waals surface area contributed by atoms with Gasteiger partial charge >= 0.3 is 6.18 Å². The van der Waals surface area contributed by atoms with Crippen LogP contribution in [-0.4, -0.2) is 4.98 Å². The molecule has 108 valence electrons. The molecule has 1 aromatic heterocycles. The van der Waals surface area contributed by atoms with E-state index in [0.717, 1.165) is 23.4 Å². The van der Waals surface area contributed by atoms with Crippen LogP contribution in [0.5, 0.6) is 0 Å². The van der Waals surface area contributed by atoms with Gasteiger partial charge in [-0.15, -0.1) is 11.8 Å². The number of hydrogen-bond acceptors (Lipinski definition) is 3. The summed E-state index contributed by atoms with van der Waals surface area (Å²) in [5.41, 5.74) is 1.35. The first-order valence-electron chi connectivity index (χ1n) is 6.07. The molecule has 0 N–H and O–H groups in total. The van der Waals surface area contributed by atoms with Crippen molar-refractivity contribution in [3.8, 4) is 6.07 Å². The van der Waals surface area contributed by atoms with Crippen LogP contribution in [0.3, 0.4) is 0 Å². The normalized spacial score (nSPS) is 11.2. The number of thioether (sulfide) groups is 1. The minimum Gasteiger partial charge on any atom is -0.245 e. The Labute approximate surface area is 124 Å². The minimum absolute atomic E-state index is 0.462. The highest BCUT2D eigenvalue weighted by Crippen LogP contribution is 2.30. The van der Waals surface area contributed by atoms with Gasteiger partial charge in [-0.25, -0.2) is 4.98 Å². The van der Waals surface area contributed by atoms with Gasteiger partial charge in [0.15, 0.2) is 0 Å². The molecule has 0 spiro atoms. The molecule has 0 aliphatic carbocycles. The third-order valence-corrected chi connectivity index (χ3v) is 3.84. The zero-order valence-corrected chi connectivity index (χ0v) is 11.9. The minimum atomic E-state index is -4.32. The number of pyridine rings is 1. The number of benzene rings is 1. The van der Waals surface area contributed by atoms with Gasteiger partial charge in [0.1, 0.15) is 11.1 Å². The molecule has 1 heterocycles. The lowest BCUT2D eigenvalue weighted by Gasteiger charge is -2.08. The molecule has 0 aliphatic heterocycles. The molecular formula is C15H11F3N2S. The summed E-state index contributed by atoms with van der Waals surface area (Å²) >= 11 is 1.34. The van der Waals surface area contributed by atoms with Crippen molar-refractivity contribution >= 4 is 11.8 Å². The SMILES string of the molecule is Cc1ccc(C#N)c(SCc2ccc(C(F)(F)F)cc2)n1. The van der Waals surface area contributed by atoms with Crippen molar-refractivity contribution in [2.75, 3.05) is 0 Å². The number of halogens is 3. The number of rotatable bonds is 3. The molecule has 0 aliphatic rings. The molecule has 2 rings (SSSR count). The van der Waals surface area contributed by atoms with Gasteiger partial charge in [0, 0.05) is 11.4 Å². The number of nitrogens with zero attached hydrogens (tertiary/aromatic N) is 2. The van der Waals surface area contributed by atoms with E-state index in [1.807, 2.05) is 6.92 Å². The van der Waals surface area contributed by atoms with E-state index in [-0.39, 0.29) is 0 Å². The highest BCUT2D eigenvalue weighted by molar-refractivity contribution is 7.98. The second-order valence-electron chi connectivity index (χ2n) is 4.40. The van der Waals surface area contributed by atoms with Crippen LogP contribution in [0, 0.1) is 18.3 Å². The van der Waals surface area contributed by atoms with Gasteiger partial charge in [0.25, 0.3) is 0 Å². The Morgan fingerprint density at radius 2 is 1.81 bits per heavy atom. The Kier molecular flexibility index (Phi) is 4.53. The predicted octanol–water partition coefficient (Wildman–Crippen LogP) is 4.57. The van der Waals surface area contributed by atoms with Gasteiger partial charge in [0.05, 0.1) is 11.1 Å². The maximum absolute atomic E-state index is 12.5. The number of hydrogen-bond donors (Lipinski definition) is 0. The smallest absolute Gasteiger partial charge is 0.245 e. The highest BCUT2D eigenvalue weighted by atomic mass is 32.2. The van der Waals surface area contributed by atoms with Crippen LogP contribution in [0.2, 0.25) is 0 Å². The molecule has 0 fully saturated rings. The second kappa shape index (κ2) is 6.19. The molecule has 0 radical (unpaired) electrons. The number of aryl methyl sites for hydroxylation is 1. The maximum atomic E-state index is 12.5. The summed E-state index contributed by atoms with van der Waals surface area (Å²) in [6, 6.07) is 10.5. The molecular weight excluding hydrogens is 297 g/mol. The summed E-state index contributed by atoms with van der Waals surface area (Å²) in [6.45, 7) is 1.82. The third kappa shape index (κ3) is 3.99. The zero-order chi connectivity index (χ0) is 15.5. The lowest BCUT2D eigenvalue weighted by atomic mass is 10.1. The Hall–Kier alpha value is -2.00. The summed E-state index contributed by atoms with van der Waals surface area (Å²) in [4.78, 5) is 4.28. The van der Waals surface area contributed by atoms with E-state index in [4.69, 9.17) is 5.26 Å². The van der Waals surface area contributed by atoms with Crippen molar-refractivity contribution in [1.82, 2.24) is 4.98 Å². The summed E-state index contributed by atoms with van der Waals surface area (Å²) in [6.07, 6.45) is -4.32. The van der Waals surface area contributed by atoms with Crippen molar-refractivity contribution in [3.05, 3.63) is 58.8 Å². The monoisotopic (exact) mass is 308 g/mol. The Morgan fingerprint density at radius 3 is 2.38 bits per heavy atom. The summed E-state index contributed by atoms with van der Waals surface area (Å²) in [5.74, 6) is 0.462. The van der Waals surface area contributed by atoms with E-state index in [2.05, 4.69) is 11.1 Å². The standard InChI is InChI=1S/C15H11F3N2S/c1-10-2-5-12(8-19)14(20-10)21-9-11-3-6-13(7-4-11)15(16,17)18/h2-7H,9H2,1H3. The third-order valence-electron chi connectivity index (χ3n) is 2.78. The quantitative estimate of drug-likeness (QED) is 0.779. The van der Waals surface area contributed by atoms with E-state index < -0.39 is 11.7 Å². The average Bonchev–Trinajstić information content (AvgIpc) is 2.45. The van der Waals surface area contributed by atoms with E-state index in [0.29, 0.717) is 16.3 Å². The molecule has 0 bridgehead atoms. The van der Waals surface area contributed by atoms with Gasteiger partial charge in [0.2, 0.25) is 0 Å². The lowest BCUT2D eigenvalue weighted by molar-refractivity contribution is -0.137. The van der Waals surface area contributed by atoms with Crippen LogP contribution >= 0.6 is 11.8 Å². The molecule has 0 amide bonds. The van der Waals surface area contributed by atoms with E-state index >= 15 is 0 Å². The van der Waals surface area contributed by atoms with Crippen molar-refractivity contribution < 1.29 is 13.2 Å². The fourth-order valence-electron chi connectivity index (χ4n) is 1.67. The number of nitriles is 1. The van der Waals surface area contributed by atoms with E-state index in [9.17, 15) is 13.2 Å². The number of aromatic nitrogens is 1. The fraction of sp³-hybridized carbons (Fsp3) is 0.200. The molecule has 2 aromatic rings. The maximum Gasteiger partial charge on any atom is 0.416 e. The highest BCUT2D eigenvalue weighted by Gasteiger charge is 2.29. The van der Waals surface area contributed by atoms with Crippen LogP contribution in [-0.2, 0) is 11.9 Å². The predicted molar refractivity (Wildman–Crippen MR) is 74.7 cm³/mol. The lowest BCUT2D eigenvalue weighted by Crippen LogP contribution is -2.04.